The average Bonchev–Trinajstić information content (AvgIpc) is 3.17. The van der Waals surface area contributed by atoms with Gasteiger partial charge >= 0.3 is 5.97 Å². The van der Waals surface area contributed by atoms with Gasteiger partial charge in [0.25, 0.3) is 11.2 Å². The number of hydrogen-bond acceptors (Lipinski definition) is 9. The van der Waals surface area contributed by atoms with Gasteiger partial charge in [-0.1, -0.05) is 23.5 Å². The number of allylic oxidation sites excluding steroid dienone is 1. The molecule has 0 fully saturated rings. The van der Waals surface area contributed by atoms with Gasteiger partial charge in [-0.15, -0.1) is 0 Å². The maximum atomic E-state index is 13.7. The molecule has 0 radical (unpaired) electrons. The van der Waals surface area contributed by atoms with Crippen LogP contribution in [0, 0.1) is 15.9 Å². The highest BCUT2D eigenvalue weighted by Gasteiger charge is 2.33. The molecule has 12 heteroatoms. The van der Waals surface area contributed by atoms with Crippen molar-refractivity contribution in [3.8, 4) is 11.5 Å². The van der Waals surface area contributed by atoms with Crippen molar-refractivity contribution in [1.29, 1.82) is 0 Å². The maximum Gasteiger partial charge on any atom is 0.338 e. The molecule has 192 valence electrons. The number of carbonyl (C=O) groups excluding carboxylic acids is 1. The normalized spacial score (nSPS) is 15.2. The summed E-state index contributed by atoms with van der Waals surface area (Å²) in [5, 5.41) is 11.7. The van der Waals surface area contributed by atoms with E-state index < -0.39 is 28.3 Å². The predicted molar refractivity (Wildman–Crippen MR) is 133 cm³/mol. The quantitative estimate of drug-likeness (QED) is 0.263. The van der Waals surface area contributed by atoms with Crippen LogP contribution in [0.15, 0.2) is 57.5 Å². The molecule has 1 aliphatic heterocycles. The van der Waals surface area contributed by atoms with E-state index in [9.17, 15) is 24.1 Å². The maximum absolute atomic E-state index is 13.7. The number of ether oxygens (including phenoxy) is 3. The molecule has 0 saturated heterocycles. The number of nitro groups is 1. The highest BCUT2D eigenvalue weighted by atomic mass is 32.1. The first kappa shape index (κ1) is 25.8. The van der Waals surface area contributed by atoms with E-state index in [2.05, 4.69) is 4.99 Å². The lowest BCUT2D eigenvalue weighted by atomic mass is 9.96. The zero-order valence-corrected chi connectivity index (χ0v) is 21.1. The van der Waals surface area contributed by atoms with Crippen molar-refractivity contribution in [2.75, 3.05) is 20.8 Å². The number of benzene rings is 2. The van der Waals surface area contributed by atoms with E-state index in [0.29, 0.717) is 11.3 Å². The summed E-state index contributed by atoms with van der Waals surface area (Å²) < 4.78 is 30.8. The zero-order chi connectivity index (χ0) is 26.9. The van der Waals surface area contributed by atoms with Gasteiger partial charge in [-0.05, 0) is 43.7 Å². The fourth-order valence-corrected chi connectivity index (χ4v) is 5.09. The lowest BCUT2D eigenvalue weighted by Crippen LogP contribution is -2.39. The number of fused-ring (bicyclic) bond motifs is 1. The van der Waals surface area contributed by atoms with Gasteiger partial charge in [0.05, 0.1) is 59.2 Å². The van der Waals surface area contributed by atoms with Crippen LogP contribution in [-0.2, 0) is 9.53 Å². The van der Waals surface area contributed by atoms with Crippen molar-refractivity contribution in [2.45, 2.75) is 19.9 Å². The molecular formula is C25H22FN3O7S. The van der Waals surface area contributed by atoms with Gasteiger partial charge in [-0.3, -0.25) is 19.5 Å². The molecule has 1 aromatic heterocycles. The topological polar surface area (TPSA) is 122 Å². The van der Waals surface area contributed by atoms with Crippen LogP contribution in [0.5, 0.6) is 11.5 Å². The molecule has 0 aliphatic carbocycles. The second-order valence-corrected chi connectivity index (χ2v) is 8.89. The zero-order valence-electron chi connectivity index (χ0n) is 20.3. The summed E-state index contributed by atoms with van der Waals surface area (Å²) in [5.41, 5.74) is 0.261. The largest absolute Gasteiger partial charge is 0.493 e. The Morgan fingerprint density at radius 2 is 1.86 bits per heavy atom. The lowest BCUT2D eigenvalue weighted by Gasteiger charge is -2.24. The van der Waals surface area contributed by atoms with Gasteiger partial charge in [0.1, 0.15) is 5.82 Å². The molecular weight excluding hydrogens is 505 g/mol. The Kier molecular flexibility index (Phi) is 7.21. The fraction of sp³-hybridized carbons (Fsp3) is 0.240. The van der Waals surface area contributed by atoms with Gasteiger partial charge in [0, 0.05) is 0 Å². The van der Waals surface area contributed by atoms with Crippen LogP contribution >= 0.6 is 11.3 Å². The first-order valence-electron chi connectivity index (χ1n) is 11.1. The van der Waals surface area contributed by atoms with Gasteiger partial charge < -0.3 is 14.2 Å². The number of methoxy groups -OCH3 is 2. The molecule has 0 amide bonds. The molecule has 2 heterocycles. The van der Waals surface area contributed by atoms with E-state index in [-0.39, 0.29) is 44.3 Å². The van der Waals surface area contributed by atoms with Crippen LogP contribution < -0.4 is 24.4 Å². The predicted octanol–water partition coefficient (Wildman–Crippen LogP) is 2.86. The van der Waals surface area contributed by atoms with Crippen LogP contribution in [0.3, 0.4) is 0 Å². The molecule has 0 unspecified atom stereocenters. The van der Waals surface area contributed by atoms with Crippen molar-refractivity contribution < 1.29 is 28.3 Å². The summed E-state index contributed by atoms with van der Waals surface area (Å²) in [6.45, 7) is 3.39. The van der Waals surface area contributed by atoms with Gasteiger partial charge in [-0.2, -0.15) is 0 Å². The Morgan fingerprint density at radius 3 is 2.46 bits per heavy atom. The first-order valence-corrected chi connectivity index (χ1v) is 11.9. The molecule has 0 spiro atoms. The monoisotopic (exact) mass is 527 g/mol. The molecule has 2 aromatic carbocycles. The minimum Gasteiger partial charge on any atom is -0.493 e. The number of nitro benzene ring substituents is 1. The SMILES string of the molecule is CCOC(=O)C1=C(C)N=c2s/c(=C\c3cc(OC)c(OC)cc3[N+](=O)[O-])c(=O)n2[C@@H]1c1ccc(F)cc1. The number of halogens is 1. The Labute approximate surface area is 213 Å². The van der Waals surface area contributed by atoms with Crippen molar-refractivity contribution in [1.82, 2.24) is 4.57 Å². The van der Waals surface area contributed by atoms with Crippen LogP contribution in [-0.4, -0.2) is 36.3 Å². The fourth-order valence-electron chi connectivity index (χ4n) is 4.05. The van der Waals surface area contributed by atoms with Crippen LogP contribution in [0.25, 0.3) is 6.08 Å². The summed E-state index contributed by atoms with van der Waals surface area (Å²) in [6.07, 6.45) is 1.37. The lowest BCUT2D eigenvalue weighted by molar-refractivity contribution is -0.385. The number of rotatable bonds is 7. The number of esters is 1. The number of thiazole rings is 1. The van der Waals surface area contributed by atoms with E-state index in [1.165, 1.54) is 61.3 Å². The van der Waals surface area contributed by atoms with E-state index in [1.807, 2.05) is 0 Å². The highest BCUT2D eigenvalue weighted by Crippen LogP contribution is 2.35. The molecule has 10 nitrogen and oxygen atoms in total. The molecule has 0 bridgehead atoms. The summed E-state index contributed by atoms with van der Waals surface area (Å²) in [6, 6.07) is 7.11. The summed E-state index contributed by atoms with van der Waals surface area (Å²) >= 11 is 1.01. The van der Waals surface area contributed by atoms with E-state index in [4.69, 9.17) is 14.2 Å². The van der Waals surface area contributed by atoms with Crippen molar-refractivity contribution in [2.24, 2.45) is 4.99 Å². The van der Waals surface area contributed by atoms with Gasteiger partial charge in [-0.25, -0.2) is 14.2 Å². The molecule has 4 rings (SSSR count). The van der Waals surface area contributed by atoms with Crippen molar-refractivity contribution in [3.63, 3.8) is 0 Å². The summed E-state index contributed by atoms with van der Waals surface area (Å²) in [5.74, 6) is -0.714. The molecule has 1 atom stereocenters. The Morgan fingerprint density at radius 1 is 1.22 bits per heavy atom. The van der Waals surface area contributed by atoms with E-state index >= 15 is 0 Å². The third kappa shape index (κ3) is 4.75. The molecule has 3 aromatic rings. The van der Waals surface area contributed by atoms with Crippen molar-refractivity contribution >= 4 is 29.1 Å². The third-order valence-corrected chi connectivity index (χ3v) is 6.70. The van der Waals surface area contributed by atoms with Crippen molar-refractivity contribution in [3.05, 3.63) is 94.4 Å². The second kappa shape index (κ2) is 10.3. The Bertz CT molecular complexity index is 1610. The number of hydrogen-bond donors (Lipinski definition) is 0. The van der Waals surface area contributed by atoms with Gasteiger partial charge in [0.15, 0.2) is 16.3 Å². The third-order valence-electron chi connectivity index (χ3n) is 5.72. The van der Waals surface area contributed by atoms with Crippen LogP contribution in [0.2, 0.25) is 0 Å². The summed E-state index contributed by atoms with van der Waals surface area (Å²) in [4.78, 5) is 42.5. The van der Waals surface area contributed by atoms with Crippen LogP contribution in [0.4, 0.5) is 10.1 Å². The molecule has 37 heavy (non-hydrogen) atoms. The summed E-state index contributed by atoms with van der Waals surface area (Å²) in [7, 11) is 2.75. The molecule has 0 saturated carbocycles. The number of aromatic nitrogens is 1. The smallest absolute Gasteiger partial charge is 0.338 e. The highest BCUT2D eigenvalue weighted by molar-refractivity contribution is 7.07. The Balaban J connectivity index is 1.99. The average molecular weight is 528 g/mol. The first-order chi connectivity index (χ1) is 17.7. The van der Waals surface area contributed by atoms with E-state index in [1.54, 1.807) is 13.8 Å². The van der Waals surface area contributed by atoms with E-state index in [0.717, 1.165) is 11.3 Å². The number of nitrogens with zero attached hydrogens (tertiary/aromatic N) is 3. The minimum atomic E-state index is -0.932. The number of carbonyl (C=O) groups is 1. The minimum absolute atomic E-state index is 0.110. The van der Waals surface area contributed by atoms with Crippen LogP contribution in [0.1, 0.15) is 31.0 Å². The second-order valence-electron chi connectivity index (χ2n) is 7.88. The standard InChI is InChI=1S/C25H22FN3O7S/c1-5-36-24(31)21-13(2)27-25-28(22(21)14-6-8-16(26)9-7-14)23(30)20(37-25)11-15-10-18(34-3)19(35-4)12-17(15)29(32)33/h6-12,22H,5H2,1-4H3/b20-11-/t22-/m1/s1. The van der Waals surface area contributed by atoms with Gasteiger partial charge in [0.2, 0.25) is 0 Å². The molecule has 1 aliphatic rings. The molecule has 0 N–H and O–H groups in total. The Hall–Kier alpha value is -4.32.